The second-order valence-corrected chi connectivity index (χ2v) is 3.72. The third kappa shape index (κ3) is 3.39. The molecule has 1 aromatic carbocycles. The monoisotopic (exact) mass is 210 g/mol. The molecule has 0 aliphatic heterocycles. The standard InChI is InChI=1S/C16H18/c1-5-13(3)7-10-15(6-2)16-11-8-14(4)9-12-16/h5-12H,1,3H2,2,4H3/b10-7+,15-6-. The van der Waals surface area contributed by atoms with Gasteiger partial charge >= 0.3 is 0 Å². The van der Waals surface area contributed by atoms with E-state index < -0.39 is 0 Å². The van der Waals surface area contributed by atoms with Crippen molar-refractivity contribution >= 4 is 5.57 Å². The third-order valence-corrected chi connectivity index (χ3v) is 2.44. The molecule has 82 valence electrons. The highest BCUT2D eigenvalue weighted by Crippen LogP contribution is 2.17. The summed E-state index contributed by atoms with van der Waals surface area (Å²) in [7, 11) is 0. The molecule has 1 aromatic rings. The number of benzene rings is 1. The van der Waals surface area contributed by atoms with E-state index in [-0.39, 0.29) is 0 Å². The van der Waals surface area contributed by atoms with Crippen molar-refractivity contribution in [1.29, 1.82) is 0 Å². The minimum absolute atomic E-state index is 0.923. The zero-order valence-corrected chi connectivity index (χ0v) is 10.0. The van der Waals surface area contributed by atoms with Crippen LogP contribution in [0.3, 0.4) is 0 Å². The van der Waals surface area contributed by atoms with Crippen molar-refractivity contribution in [2.24, 2.45) is 0 Å². The van der Waals surface area contributed by atoms with Crippen LogP contribution >= 0.6 is 0 Å². The van der Waals surface area contributed by atoms with Crippen LogP contribution in [0.5, 0.6) is 0 Å². The quantitative estimate of drug-likeness (QED) is 0.632. The van der Waals surface area contributed by atoms with Crippen molar-refractivity contribution in [1.82, 2.24) is 0 Å². The molecule has 0 unspecified atom stereocenters. The van der Waals surface area contributed by atoms with Gasteiger partial charge in [0, 0.05) is 0 Å². The fraction of sp³-hybridized carbons (Fsp3) is 0.125. The van der Waals surface area contributed by atoms with Crippen molar-refractivity contribution in [2.45, 2.75) is 13.8 Å². The topological polar surface area (TPSA) is 0 Å². The maximum Gasteiger partial charge on any atom is -0.0187 e. The van der Waals surface area contributed by atoms with Gasteiger partial charge in [-0.1, -0.05) is 67.3 Å². The predicted octanol–water partition coefficient (Wildman–Crippen LogP) is 4.70. The van der Waals surface area contributed by atoms with Gasteiger partial charge in [0.25, 0.3) is 0 Å². The number of hydrogen-bond acceptors (Lipinski definition) is 0. The molecular formula is C16H18. The van der Waals surface area contributed by atoms with Crippen LogP contribution in [0.1, 0.15) is 18.1 Å². The van der Waals surface area contributed by atoms with Gasteiger partial charge in [0.15, 0.2) is 0 Å². The summed E-state index contributed by atoms with van der Waals surface area (Å²) in [6, 6.07) is 8.50. The normalized spacial score (nSPS) is 11.8. The van der Waals surface area contributed by atoms with Crippen LogP contribution in [-0.4, -0.2) is 0 Å². The Morgan fingerprint density at radius 2 is 1.75 bits per heavy atom. The summed E-state index contributed by atoms with van der Waals surface area (Å²) in [6.07, 6.45) is 7.88. The highest BCUT2D eigenvalue weighted by molar-refractivity contribution is 5.74. The van der Waals surface area contributed by atoms with Gasteiger partial charge in [0.2, 0.25) is 0 Å². The van der Waals surface area contributed by atoms with Crippen molar-refractivity contribution in [3.05, 3.63) is 78.4 Å². The van der Waals surface area contributed by atoms with Gasteiger partial charge in [0.05, 0.1) is 0 Å². The van der Waals surface area contributed by atoms with E-state index in [9.17, 15) is 0 Å². The predicted molar refractivity (Wildman–Crippen MR) is 73.3 cm³/mol. The fourth-order valence-electron chi connectivity index (χ4n) is 1.37. The summed E-state index contributed by atoms with van der Waals surface area (Å²) in [4.78, 5) is 0. The lowest BCUT2D eigenvalue weighted by molar-refractivity contribution is 1.45. The SMILES string of the molecule is C=CC(=C)/C=C/C(=C/C)c1ccc(C)cc1. The Hall–Kier alpha value is -1.82. The first-order valence-electron chi connectivity index (χ1n) is 5.40. The van der Waals surface area contributed by atoms with Crippen LogP contribution < -0.4 is 0 Å². The van der Waals surface area contributed by atoms with E-state index in [1.54, 1.807) is 6.08 Å². The van der Waals surface area contributed by atoms with Crippen LogP contribution in [0.4, 0.5) is 0 Å². The lowest BCUT2D eigenvalue weighted by Gasteiger charge is -2.02. The summed E-state index contributed by atoms with van der Waals surface area (Å²) in [6.45, 7) is 11.7. The zero-order chi connectivity index (χ0) is 12.0. The highest BCUT2D eigenvalue weighted by atomic mass is 14.0. The molecule has 0 atom stereocenters. The van der Waals surface area contributed by atoms with Crippen molar-refractivity contribution in [3.8, 4) is 0 Å². The molecule has 1 rings (SSSR count). The van der Waals surface area contributed by atoms with Gasteiger partial charge < -0.3 is 0 Å². The summed E-state index contributed by atoms with van der Waals surface area (Å²) >= 11 is 0. The van der Waals surface area contributed by atoms with E-state index in [2.05, 4.69) is 56.5 Å². The summed E-state index contributed by atoms with van der Waals surface area (Å²) in [5, 5.41) is 0. The van der Waals surface area contributed by atoms with E-state index in [1.165, 1.54) is 16.7 Å². The maximum atomic E-state index is 3.86. The molecule has 0 nitrogen and oxygen atoms in total. The Morgan fingerprint density at radius 3 is 2.25 bits per heavy atom. The number of allylic oxidation sites excluding steroid dienone is 6. The van der Waals surface area contributed by atoms with E-state index in [4.69, 9.17) is 0 Å². The molecule has 0 saturated heterocycles. The zero-order valence-electron chi connectivity index (χ0n) is 10.0. The van der Waals surface area contributed by atoms with E-state index in [0.29, 0.717) is 0 Å². The van der Waals surface area contributed by atoms with E-state index in [0.717, 1.165) is 5.57 Å². The molecule has 0 radical (unpaired) electrons. The van der Waals surface area contributed by atoms with Crippen LogP contribution in [0.2, 0.25) is 0 Å². The van der Waals surface area contributed by atoms with Gasteiger partial charge in [0.1, 0.15) is 0 Å². The Labute approximate surface area is 98.3 Å². The summed E-state index contributed by atoms with van der Waals surface area (Å²) in [5.74, 6) is 0. The van der Waals surface area contributed by atoms with Crippen molar-refractivity contribution < 1.29 is 0 Å². The Bertz CT molecular complexity index is 428. The molecule has 16 heavy (non-hydrogen) atoms. The van der Waals surface area contributed by atoms with Crippen molar-refractivity contribution in [3.63, 3.8) is 0 Å². The highest BCUT2D eigenvalue weighted by Gasteiger charge is 1.95. The molecule has 0 amide bonds. The largest absolute Gasteiger partial charge is 0.0985 e. The molecular weight excluding hydrogens is 192 g/mol. The number of rotatable bonds is 4. The molecule has 0 N–H and O–H groups in total. The Balaban J connectivity index is 2.92. The first-order valence-corrected chi connectivity index (χ1v) is 5.40. The Kier molecular flexibility index (Phi) is 4.53. The summed E-state index contributed by atoms with van der Waals surface area (Å²) in [5.41, 5.74) is 4.62. The smallest absolute Gasteiger partial charge is 0.0187 e. The average molecular weight is 210 g/mol. The average Bonchev–Trinajstić information content (AvgIpc) is 2.31. The molecule has 0 aliphatic carbocycles. The van der Waals surface area contributed by atoms with Crippen LogP contribution in [-0.2, 0) is 0 Å². The first kappa shape index (κ1) is 12.3. The van der Waals surface area contributed by atoms with Gasteiger partial charge in [-0.2, -0.15) is 0 Å². The second-order valence-electron chi connectivity index (χ2n) is 3.72. The first-order chi connectivity index (χ1) is 7.67. The van der Waals surface area contributed by atoms with Gasteiger partial charge in [-0.05, 0) is 30.6 Å². The minimum Gasteiger partial charge on any atom is -0.0985 e. The molecule has 0 saturated carbocycles. The number of hydrogen-bond donors (Lipinski definition) is 0. The van der Waals surface area contributed by atoms with Crippen LogP contribution in [0.15, 0.2) is 67.3 Å². The molecule has 0 fully saturated rings. The summed E-state index contributed by atoms with van der Waals surface area (Å²) < 4.78 is 0. The maximum absolute atomic E-state index is 3.86. The van der Waals surface area contributed by atoms with Gasteiger partial charge in [-0.25, -0.2) is 0 Å². The lowest BCUT2D eigenvalue weighted by atomic mass is 10.0. The van der Waals surface area contributed by atoms with E-state index >= 15 is 0 Å². The molecule has 0 aromatic heterocycles. The number of aryl methyl sites for hydroxylation is 1. The molecule has 0 heterocycles. The van der Waals surface area contributed by atoms with Crippen LogP contribution in [0.25, 0.3) is 5.57 Å². The second kappa shape index (κ2) is 5.92. The molecule has 0 aliphatic rings. The molecule has 0 bridgehead atoms. The Morgan fingerprint density at radius 1 is 1.12 bits per heavy atom. The van der Waals surface area contributed by atoms with E-state index in [1.807, 2.05) is 13.0 Å². The van der Waals surface area contributed by atoms with Gasteiger partial charge in [-0.15, -0.1) is 0 Å². The minimum atomic E-state index is 0.923. The third-order valence-electron chi connectivity index (χ3n) is 2.44. The van der Waals surface area contributed by atoms with Gasteiger partial charge in [-0.3, -0.25) is 0 Å². The molecule has 0 spiro atoms. The molecule has 0 heteroatoms. The van der Waals surface area contributed by atoms with Crippen molar-refractivity contribution in [2.75, 3.05) is 0 Å². The lowest BCUT2D eigenvalue weighted by Crippen LogP contribution is -1.81. The van der Waals surface area contributed by atoms with Crippen LogP contribution in [0, 0.1) is 6.92 Å². The fourth-order valence-corrected chi connectivity index (χ4v) is 1.37.